The van der Waals surface area contributed by atoms with Crippen molar-refractivity contribution in [3.63, 3.8) is 0 Å². The molecule has 2 rings (SSSR count). The van der Waals surface area contributed by atoms with Crippen molar-refractivity contribution in [1.29, 1.82) is 0 Å². The van der Waals surface area contributed by atoms with Crippen LogP contribution in [0.4, 0.5) is 0 Å². The minimum Gasteiger partial charge on any atom is -0.379 e. The molecular weight excluding hydrogens is 240 g/mol. The summed E-state index contributed by atoms with van der Waals surface area (Å²) in [7, 11) is 0. The van der Waals surface area contributed by atoms with E-state index in [1.54, 1.807) is 18.0 Å². The Morgan fingerprint density at radius 2 is 2.25 bits per heavy atom. The van der Waals surface area contributed by atoms with Crippen LogP contribution in [0, 0.1) is 0 Å². The molecule has 0 bridgehead atoms. The number of thioether (sulfide) groups is 2. The van der Waals surface area contributed by atoms with Crippen LogP contribution >= 0.6 is 23.5 Å². The summed E-state index contributed by atoms with van der Waals surface area (Å²) in [6, 6.07) is 0. The van der Waals surface area contributed by atoms with Crippen molar-refractivity contribution >= 4 is 34.8 Å². The average molecular weight is 256 g/mol. The van der Waals surface area contributed by atoms with E-state index in [1.807, 2.05) is 18.0 Å². The normalized spacial score (nSPS) is 24.2. The van der Waals surface area contributed by atoms with Crippen LogP contribution in [0.5, 0.6) is 0 Å². The second-order valence-electron chi connectivity index (χ2n) is 3.45. The number of aliphatic imine (C=N–C) groups is 1. The van der Waals surface area contributed by atoms with Gasteiger partial charge in [0, 0.05) is 30.8 Å². The highest BCUT2D eigenvalue weighted by Gasteiger charge is 2.03. The molecule has 0 aliphatic carbocycles. The van der Waals surface area contributed by atoms with Crippen LogP contribution in [0.25, 0.3) is 0 Å². The maximum atomic E-state index is 4.36. The maximum absolute atomic E-state index is 4.36. The molecule has 1 saturated heterocycles. The van der Waals surface area contributed by atoms with Crippen LogP contribution in [0.3, 0.4) is 0 Å². The lowest BCUT2D eigenvalue weighted by Crippen LogP contribution is -2.20. The molecule has 6 heteroatoms. The molecule has 2 aliphatic heterocycles. The zero-order chi connectivity index (χ0) is 11.1. The first-order chi connectivity index (χ1) is 7.95. The van der Waals surface area contributed by atoms with Crippen molar-refractivity contribution in [2.45, 2.75) is 12.8 Å². The maximum Gasteiger partial charge on any atom is 0.110 e. The summed E-state index contributed by atoms with van der Waals surface area (Å²) in [5.74, 6) is 2.34. The Morgan fingerprint density at radius 1 is 1.31 bits per heavy atom. The van der Waals surface area contributed by atoms with E-state index in [0.717, 1.165) is 23.9 Å². The van der Waals surface area contributed by atoms with Crippen LogP contribution in [0.15, 0.2) is 21.3 Å². The molecule has 2 heterocycles. The molecule has 4 nitrogen and oxygen atoms in total. The van der Waals surface area contributed by atoms with Gasteiger partial charge in [-0.2, -0.15) is 5.10 Å². The summed E-state index contributed by atoms with van der Waals surface area (Å²) >= 11 is 3.60. The van der Waals surface area contributed by atoms with Crippen molar-refractivity contribution in [3.05, 3.63) is 11.2 Å². The first-order valence-electron chi connectivity index (χ1n) is 5.48. The molecular formula is C10H16N4S2. The second kappa shape index (κ2) is 6.85. The topological polar surface area (TPSA) is 48.8 Å². The largest absolute Gasteiger partial charge is 0.379 e. The van der Waals surface area contributed by atoms with E-state index < -0.39 is 0 Å². The third-order valence-electron chi connectivity index (χ3n) is 2.14. The van der Waals surface area contributed by atoms with Gasteiger partial charge in [0.2, 0.25) is 0 Å². The highest BCUT2D eigenvalue weighted by molar-refractivity contribution is 8.15. The van der Waals surface area contributed by atoms with Gasteiger partial charge < -0.3 is 5.32 Å². The van der Waals surface area contributed by atoms with Crippen LogP contribution < -0.4 is 10.7 Å². The quantitative estimate of drug-likeness (QED) is 0.595. The molecule has 0 radical (unpaired) electrons. The van der Waals surface area contributed by atoms with Gasteiger partial charge in [-0.3, -0.25) is 10.4 Å². The number of hydrogen-bond donors (Lipinski definition) is 2. The van der Waals surface area contributed by atoms with E-state index in [9.17, 15) is 0 Å². The minimum atomic E-state index is 0.937. The summed E-state index contributed by atoms with van der Waals surface area (Å²) in [4.78, 5) is 4.36. The van der Waals surface area contributed by atoms with Crippen LogP contribution in [-0.4, -0.2) is 35.9 Å². The molecule has 1 fully saturated rings. The number of rotatable bonds is 3. The highest BCUT2D eigenvalue weighted by atomic mass is 32.2. The molecule has 0 aromatic carbocycles. The fourth-order valence-corrected chi connectivity index (χ4v) is 2.99. The van der Waals surface area contributed by atoms with E-state index in [1.165, 1.54) is 23.6 Å². The zero-order valence-corrected chi connectivity index (χ0v) is 10.7. The lowest BCUT2D eigenvalue weighted by atomic mass is 10.5. The summed E-state index contributed by atoms with van der Waals surface area (Å²) in [6.45, 7) is 2.00. The Bertz CT molecular complexity index is 304. The molecule has 88 valence electrons. The van der Waals surface area contributed by atoms with Crippen LogP contribution in [0.1, 0.15) is 12.8 Å². The van der Waals surface area contributed by atoms with Gasteiger partial charge in [-0.25, -0.2) is 0 Å². The third-order valence-corrected chi connectivity index (χ3v) is 4.23. The molecule has 0 unspecified atom stereocenters. The van der Waals surface area contributed by atoms with E-state index in [4.69, 9.17) is 0 Å². The van der Waals surface area contributed by atoms with Crippen LogP contribution in [0.2, 0.25) is 0 Å². The minimum absolute atomic E-state index is 0.937. The summed E-state index contributed by atoms with van der Waals surface area (Å²) in [5, 5.41) is 9.64. The van der Waals surface area contributed by atoms with E-state index in [0.29, 0.717) is 0 Å². The van der Waals surface area contributed by atoms with E-state index >= 15 is 0 Å². The molecule has 2 N–H and O–H groups in total. The van der Waals surface area contributed by atoms with Crippen molar-refractivity contribution in [2.75, 3.05) is 24.6 Å². The van der Waals surface area contributed by atoms with Gasteiger partial charge in [0.1, 0.15) is 5.04 Å². The van der Waals surface area contributed by atoms with Crippen molar-refractivity contribution in [1.82, 2.24) is 10.7 Å². The molecule has 0 spiro atoms. The number of nitrogens with one attached hydrogen (secondary N) is 2. The molecule has 0 atom stereocenters. The smallest absolute Gasteiger partial charge is 0.110 e. The average Bonchev–Trinajstić information content (AvgIpc) is 2.37. The fraction of sp³-hybridized carbons (Fsp3) is 0.600. The van der Waals surface area contributed by atoms with Crippen molar-refractivity contribution < 1.29 is 0 Å². The fourth-order valence-electron chi connectivity index (χ4n) is 1.35. The van der Waals surface area contributed by atoms with E-state index in [2.05, 4.69) is 20.8 Å². The number of nitrogens with zero attached hydrogens (tertiary/aromatic N) is 2. The highest BCUT2D eigenvalue weighted by Crippen LogP contribution is 2.16. The molecule has 0 amide bonds. The predicted octanol–water partition coefficient (Wildman–Crippen LogP) is 1.62. The van der Waals surface area contributed by atoms with Gasteiger partial charge in [-0.15, -0.1) is 23.5 Å². The predicted molar refractivity (Wildman–Crippen MR) is 74.2 cm³/mol. The number of hydrogen-bond acceptors (Lipinski definition) is 6. The van der Waals surface area contributed by atoms with Gasteiger partial charge in [-0.05, 0) is 12.8 Å². The first kappa shape index (κ1) is 11.9. The zero-order valence-electron chi connectivity index (χ0n) is 9.11. The van der Waals surface area contributed by atoms with Gasteiger partial charge in [0.05, 0.1) is 11.2 Å². The van der Waals surface area contributed by atoms with Gasteiger partial charge >= 0.3 is 0 Å². The molecule has 0 aromatic heterocycles. The first-order valence-corrected chi connectivity index (χ1v) is 7.45. The van der Waals surface area contributed by atoms with Crippen molar-refractivity contribution in [3.8, 4) is 0 Å². The Kier molecular flexibility index (Phi) is 5.08. The Hall–Kier alpha value is -0.620. The monoisotopic (exact) mass is 256 g/mol. The molecule has 2 aliphatic rings. The van der Waals surface area contributed by atoms with E-state index in [-0.39, 0.29) is 0 Å². The SMILES string of the molecule is C(=N\N/C=C1\NCCCS1)/C1=NCCCS1. The standard InChI is InChI=1S/C10H16N4S2/c1-3-11-9(15-5-1)7-13-14-8-10-12-4-2-6-16-10/h7-8,11,13H,1-6H2/b9-7+,14-8+. The summed E-state index contributed by atoms with van der Waals surface area (Å²) in [6.07, 6.45) is 6.13. The second-order valence-corrected chi connectivity index (χ2v) is 5.70. The number of hydrazone groups is 1. The lowest BCUT2D eigenvalue weighted by molar-refractivity contribution is 0.778. The van der Waals surface area contributed by atoms with Gasteiger partial charge in [-0.1, -0.05) is 0 Å². The third kappa shape index (κ3) is 4.09. The van der Waals surface area contributed by atoms with Gasteiger partial charge in [0.25, 0.3) is 0 Å². The summed E-state index contributed by atoms with van der Waals surface area (Å²) < 4.78 is 0. The Balaban J connectivity index is 1.73. The molecule has 0 aromatic rings. The Morgan fingerprint density at radius 3 is 3.00 bits per heavy atom. The summed E-state index contributed by atoms with van der Waals surface area (Å²) in [5.41, 5.74) is 2.93. The van der Waals surface area contributed by atoms with Crippen molar-refractivity contribution in [2.24, 2.45) is 10.1 Å². The molecule has 16 heavy (non-hydrogen) atoms. The Labute approximate surface area is 104 Å². The van der Waals surface area contributed by atoms with Gasteiger partial charge in [0.15, 0.2) is 0 Å². The lowest BCUT2D eigenvalue weighted by Gasteiger charge is -2.15. The molecule has 0 saturated carbocycles. The van der Waals surface area contributed by atoms with Crippen LogP contribution in [-0.2, 0) is 0 Å².